The highest BCUT2D eigenvalue weighted by Gasteiger charge is 2.25. The fourth-order valence-corrected chi connectivity index (χ4v) is 1.74. The molecule has 1 aromatic carbocycles. The van der Waals surface area contributed by atoms with Gasteiger partial charge in [-0.25, -0.2) is 9.59 Å². The van der Waals surface area contributed by atoms with Crippen LogP contribution in [0.4, 0.5) is 4.79 Å². The number of alkyl carbamates (subject to hydrolysis) is 1. The number of nitrogens with one attached hydrogen (secondary N) is 1. The van der Waals surface area contributed by atoms with Crippen LogP contribution in [0.2, 0.25) is 0 Å². The molecule has 8 heteroatoms. The molecule has 0 radical (unpaired) electrons. The first-order valence-corrected chi connectivity index (χ1v) is 7.65. The summed E-state index contributed by atoms with van der Waals surface area (Å²) in [5.74, 6) is -0.998. The van der Waals surface area contributed by atoms with Crippen molar-refractivity contribution in [2.45, 2.75) is 32.4 Å². The highest BCUT2D eigenvalue weighted by molar-refractivity contribution is 5.81. The summed E-state index contributed by atoms with van der Waals surface area (Å²) in [4.78, 5) is 36.1. The van der Waals surface area contributed by atoms with Crippen LogP contribution in [0.3, 0.4) is 0 Å². The molecular weight excluding hydrogens is 328 g/mol. The van der Waals surface area contributed by atoms with E-state index in [4.69, 9.17) is 9.47 Å². The molecule has 0 aliphatic heterocycles. The summed E-state index contributed by atoms with van der Waals surface area (Å²) >= 11 is 0. The third-order valence-electron chi connectivity index (χ3n) is 2.98. The SMILES string of the molecule is CN(C)C(=O)COc1ccc(C(NC(=O)OC(C)(C)C)C(=O)O)cc1. The van der Waals surface area contributed by atoms with Crippen LogP contribution >= 0.6 is 0 Å². The minimum atomic E-state index is -1.26. The zero-order chi connectivity index (χ0) is 19.2. The van der Waals surface area contributed by atoms with Crippen molar-refractivity contribution in [2.75, 3.05) is 20.7 Å². The van der Waals surface area contributed by atoms with E-state index in [1.54, 1.807) is 34.9 Å². The first-order chi connectivity index (χ1) is 11.5. The first-order valence-electron chi connectivity index (χ1n) is 7.65. The third-order valence-corrected chi connectivity index (χ3v) is 2.98. The Labute approximate surface area is 146 Å². The standard InChI is InChI=1S/C17H24N2O6/c1-17(2,3)25-16(23)18-14(15(21)22)11-6-8-12(9-7-11)24-10-13(20)19(4)5/h6-9,14H,10H2,1-5H3,(H,18,23)(H,21,22). The van der Waals surface area contributed by atoms with Crippen LogP contribution in [-0.4, -0.2) is 54.3 Å². The second kappa shape index (κ2) is 8.36. The Hall–Kier alpha value is -2.77. The van der Waals surface area contributed by atoms with Crippen LogP contribution in [0, 0.1) is 0 Å². The summed E-state index contributed by atoms with van der Waals surface area (Å²) in [6.45, 7) is 4.93. The molecule has 1 atom stereocenters. The van der Waals surface area contributed by atoms with Crippen molar-refractivity contribution in [1.29, 1.82) is 0 Å². The van der Waals surface area contributed by atoms with Gasteiger partial charge in [0.05, 0.1) is 0 Å². The van der Waals surface area contributed by atoms with E-state index in [0.717, 1.165) is 0 Å². The molecule has 0 aliphatic carbocycles. The molecular formula is C17H24N2O6. The number of rotatable bonds is 6. The highest BCUT2D eigenvalue weighted by Crippen LogP contribution is 2.19. The van der Waals surface area contributed by atoms with E-state index < -0.39 is 23.7 Å². The largest absolute Gasteiger partial charge is 0.484 e. The van der Waals surface area contributed by atoms with Crippen molar-refractivity contribution < 1.29 is 29.0 Å². The second-order valence-corrected chi connectivity index (χ2v) is 6.56. The molecule has 0 aliphatic rings. The van der Waals surface area contributed by atoms with Crippen LogP contribution < -0.4 is 10.1 Å². The molecule has 1 rings (SSSR count). The molecule has 0 heterocycles. The Bertz CT molecular complexity index is 619. The van der Waals surface area contributed by atoms with E-state index in [-0.39, 0.29) is 12.5 Å². The number of carboxylic acid groups (broad SMARTS) is 1. The summed E-state index contributed by atoms with van der Waals surface area (Å²) in [5, 5.41) is 11.6. The summed E-state index contributed by atoms with van der Waals surface area (Å²) in [6, 6.07) is 4.82. The van der Waals surface area contributed by atoms with Crippen molar-refractivity contribution in [1.82, 2.24) is 10.2 Å². The van der Waals surface area contributed by atoms with Crippen molar-refractivity contribution in [2.24, 2.45) is 0 Å². The lowest BCUT2D eigenvalue weighted by atomic mass is 10.1. The van der Waals surface area contributed by atoms with Crippen molar-refractivity contribution in [3.05, 3.63) is 29.8 Å². The summed E-state index contributed by atoms with van der Waals surface area (Å²) < 4.78 is 10.4. The maximum Gasteiger partial charge on any atom is 0.408 e. The average molecular weight is 352 g/mol. The number of carboxylic acids is 1. The number of benzene rings is 1. The maximum absolute atomic E-state index is 11.8. The third kappa shape index (κ3) is 7.11. The summed E-state index contributed by atoms with van der Waals surface area (Å²) in [5.41, 5.74) is -0.381. The molecule has 2 amide bonds. The predicted molar refractivity (Wildman–Crippen MR) is 90.4 cm³/mol. The van der Waals surface area contributed by atoms with Gasteiger partial charge in [0.25, 0.3) is 5.91 Å². The number of hydrogen-bond acceptors (Lipinski definition) is 5. The Kier molecular flexibility index (Phi) is 6.78. The molecule has 0 saturated heterocycles. The number of carbonyl (C=O) groups is 3. The van der Waals surface area contributed by atoms with Crippen molar-refractivity contribution in [3.8, 4) is 5.75 Å². The highest BCUT2D eigenvalue weighted by atomic mass is 16.6. The van der Waals surface area contributed by atoms with Crippen molar-refractivity contribution >= 4 is 18.0 Å². The Morgan fingerprint density at radius 2 is 1.72 bits per heavy atom. The van der Waals surface area contributed by atoms with Gasteiger partial charge in [0.1, 0.15) is 11.4 Å². The zero-order valence-corrected chi connectivity index (χ0v) is 15.0. The van der Waals surface area contributed by atoms with E-state index in [9.17, 15) is 19.5 Å². The van der Waals surface area contributed by atoms with Gasteiger partial charge in [-0.3, -0.25) is 4.79 Å². The molecule has 0 fully saturated rings. The quantitative estimate of drug-likeness (QED) is 0.809. The molecule has 25 heavy (non-hydrogen) atoms. The lowest BCUT2D eigenvalue weighted by molar-refractivity contribution is -0.139. The van der Waals surface area contributed by atoms with Crippen LogP contribution in [0.15, 0.2) is 24.3 Å². The number of ether oxygens (including phenoxy) is 2. The normalized spacial score (nSPS) is 12.0. The molecule has 1 unspecified atom stereocenters. The number of amides is 2. The van der Waals surface area contributed by atoms with E-state index in [1.165, 1.54) is 29.2 Å². The van der Waals surface area contributed by atoms with Gasteiger partial charge in [0.15, 0.2) is 12.6 Å². The van der Waals surface area contributed by atoms with Gasteiger partial charge in [0.2, 0.25) is 0 Å². The van der Waals surface area contributed by atoms with Gasteiger partial charge in [0, 0.05) is 14.1 Å². The van der Waals surface area contributed by atoms with E-state index in [0.29, 0.717) is 11.3 Å². The number of carbonyl (C=O) groups excluding carboxylic acids is 2. The van der Waals surface area contributed by atoms with Crippen LogP contribution in [-0.2, 0) is 14.3 Å². The maximum atomic E-state index is 11.8. The number of likely N-dealkylation sites (N-methyl/N-ethyl adjacent to an activating group) is 1. The summed E-state index contributed by atoms with van der Waals surface area (Å²) in [6.07, 6.45) is -0.822. The van der Waals surface area contributed by atoms with Gasteiger partial charge < -0.3 is 24.8 Å². The molecule has 8 nitrogen and oxygen atoms in total. The van der Waals surface area contributed by atoms with Gasteiger partial charge in [-0.05, 0) is 38.5 Å². The Balaban J connectivity index is 2.77. The van der Waals surface area contributed by atoms with Crippen molar-refractivity contribution in [3.63, 3.8) is 0 Å². The van der Waals surface area contributed by atoms with Gasteiger partial charge >= 0.3 is 12.1 Å². The fraction of sp³-hybridized carbons (Fsp3) is 0.471. The fourth-order valence-electron chi connectivity index (χ4n) is 1.74. The van der Waals surface area contributed by atoms with Crippen LogP contribution in [0.25, 0.3) is 0 Å². The van der Waals surface area contributed by atoms with Gasteiger partial charge in [-0.15, -0.1) is 0 Å². The molecule has 0 spiro atoms. The number of hydrogen-bond donors (Lipinski definition) is 2. The topological polar surface area (TPSA) is 105 Å². The number of aliphatic carboxylic acids is 1. The van der Waals surface area contributed by atoms with E-state index in [2.05, 4.69) is 5.32 Å². The average Bonchev–Trinajstić information content (AvgIpc) is 2.48. The zero-order valence-electron chi connectivity index (χ0n) is 15.0. The molecule has 2 N–H and O–H groups in total. The minimum Gasteiger partial charge on any atom is -0.484 e. The minimum absolute atomic E-state index is 0.120. The first kappa shape index (κ1) is 20.3. The van der Waals surface area contributed by atoms with Gasteiger partial charge in [-0.1, -0.05) is 12.1 Å². The van der Waals surface area contributed by atoms with E-state index >= 15 is 0 Å². The van der Waals surface area contributed by atoms with Crippen LogP contribution in [0.5, 0.6) is 5.75 Å². The van der Waals surface area contributed by atoms with Gasteiger partial charge in [-0.2, -0.15) is 0 Å². The Morgan fingerprint density at radius 3 is 2.16 bits per heavy atom. The molecule has 138 valence electrons. The molecule has 0 bridgehead atoms. The molecule has 1 aromatic rings. The molecule has 0 aromatic heterocycles. The lowest BCUT2D eigenvalue weighted by Gasteiger charge is -2.22. The Morgan fingerprint density at radius 1 is 1.16 bits per heavy atom. The second-order valence-electron chi connectivity index (χ2n) is 6.56. The van der Waals surface area contributed by atoms with Crippen LogP contribution in [0.1, 0.15) is 32.4 Å². The number of nitrogens with zero attached hydrogens (tertiary/aromatic N) is 1. The smallest absolute Gasteiger partial charge is 0.408 e. The van der Waals surface area contributed by atoms with E-state index in [1.807, 2.05) is 0 Å². The molecule has 0 saturated carbocycles. The predicted octanol–water partition coefficient (Wildman–Crippen LogP) is 1.80. The monoisotopic (exact) mass is 352 g/mol. The summed E-state index contributed by atoms with van der Waals surface area (Å²) in [7, 11) is 3.24. The lowest BCUT2D eigenvalue weighted by Crippen LogP contribution is -2.38.